The van der Waals surface area contributed by atoms with Crippen LogP contribution in [0.3, 0.4) is 0 Å². The second-order valence-corrected chi connectivity index (χ2v) is 2.81. The minimum absolute atomic E-state index is 0.104. The molecule has 0 saturated heterocycles. The summed E-state index contributed by atoms with van der Waals surface area (Å²) in [5.41, 5.74) is -1.20. The summed E-state index contributed by atoms with van der Waals surface area (Å²) in [7, 11) is 1.18. The molecule has 7 heteroatoms. The molecule has 0 aliphatic heterocycles. The van der Waals surface area contributed by atoms with Crippen LogP contribution in [0.1, 0.15) is 11.4 Å². The molecule has 1 heterocycles. The summed E-state index contributed by atoms with van der Waals surface area (Å²) in [6.45, 7) is -0.156. The number of halogens is 3. The van der Waals surface area contributed by atoms with Gasteiger partial charge >= 0.3 is 6.18 Å². The fourth-order valence-electron chi connectivity index (χ4n) is 1.05. The molecule has 1 aromatic rings. The quantitative estimate of drug-likeness (QED) is 0.476. The second kappa shape index (κ2) is 4.26. The Morgan fingerprint density at radius 2 is 2.31 bits per heavy atom. The van der Waals surface area contributed by atoms with E-state index in [9.17, 15) is 13.2 Å². The van der Waals surface area contributed by atoms with E-state index in [0.717, 1.165) is 10.7 Å². The molecule has 0 unspecified atom stereocenters. The molecule has 0 aromatic carbocycles. The lowest BCUT2D eigenvalue weighted by Crippen LogP contribution is -2.11. The van der Waals surface area contributed by atoms with Crippen LogP contribution < -0.4 is 0 Å². The van der Waals surface area contributed by atoms with Gasteiger partial charge in [-0.2, -0.15) is 18.3 Å². The molecule has 4 nitrogen and oxygen atoms in total. The van der Waals surface area contributed by atoms with Crippen LogP contribution in [0.25, 0.3) is 0 Å². The summed E-state index contributed by atoms with van der Waals surface area (Å²) >= 11 is 0. The third-order valence-corrected chi connectivity index (χ3v) is 1.75. The zero-order valence-electron chi connectivity index (χ0n) is 8.30. The topological polar surface area (TPSA) is 50.9 Å². The highest BCUT2D eigenvalue weighted by Gasteiger charge is 2.35. The second-order valence-electron chi connectivity index (χ2n) is 2.81. The van der Waals surface area contributed by atoms with E-state index in [4.69, 9.17) is 11.8 Å². The zero-order valence-corrected chi connectivity index (χ0v) is 8.30. The van der Waals surface area contributed by atoms with Crippen molar-refractivity contribution in [1.82, 2.24) is 9.78 Å². The lowest BCUT2D eigenvalue weighted by Gasteiger charge is -2.03. The predicted octanol–water partition coefficient (Wildman–Crippen LogP) is 1.51. The van der Waals surface area contributed by atoms with Crippen LogP contribution in [0.15, 0.2) is 6.07 Å². The third-order valence-electron chi connectivity index (χ3n) is 1.75. The van der Waals surface area contributed by atoms with Gasteiger partial charge in [-0.1, -0.05) is 5.92 Å². The standard InChI is InChI=1S/C9H8F3N3O/c1-3-4-15-6(8(13)16-2)5-7(14-15)9(10,11)12/h1,5,13H,4H2,2H3. The van der Waals surface area contributed by atoms with Gasteiger partial charge in [0.2, 0.25) is 5.90 Å². The average Bonchev–Trinajstić information content (AvgIpc) is 2.61. The maximum atomic E-state index is 12.4. The molecule has 0 amide bonds. The van der Waals surface area contributed by atoms with Crippen molar-refractivity contribution in [2.24, 2.45) is 0 Å². The summed E-state index contributed by atoms with van der Waals surface area (Å²) in [6, 6.07) is 0.725. The Kier molecular flexibility index (Phi) is 3.22. The largest absolute Gasteiger partial charge is 0.480 e. The fraction of sp³-hybridized carbons (Fsp3) is 0.333. The van der Waals surface area contributed by atoms with Crippen molar-refractivity contribution in [3.63, 3.8) is 0 Å². The number of aromatic nitrogens is 2. The van der Waals surface area contributed by atoms with E-state index in [1.54, 1.807) is 0 Å². The molecule has 0 spiro atoms. The number of hydrogen-bond acceptors (Lipinski definition) is 3. The van der Waals surface area contributed by atoms with Crippen LogP contribution in [0.4, 0.5) is 13.2 Å². The highest BCUT2D eigenvalue weighted by molar-refractivity contribution is 5.89. The summed E-state index contributed by atoms with van der Waals surface area (Å²) in [4.78, 5) is 0. The Bertz CT molecular complexity index is 442. The van der Waals surface area contributed by atoms with E-state index in [-0.39, 0.29) is 12.2 Å². The first-order valence-corrected chi connectivity index (χ1v) is 4.11. The predicted molar refractivity (Wildman–Crippen MR) is 49.9 cm³/mol. The van der Waals surface area contributed by atoms with Gasteiger partial charge in [0.25, 0.3) is 0 Å². The Labute approximate surface area is 89.5 Å². The number of methoxy groups -OCH3 is 1. The molecule has 86 valence electrons. The average molecular weight is 231 g/mol. The molecule has 0 radical (unpaired) electrons. The van der Waals surface area contributed by atoms with Crippen molar-refractivity contribution in [3.8, 4) is 12.3 Å². The third kappa shape index (κ3) is 2.34. The van der Waals surface area contributed by atoms with Crippen molar-refractivity contribution in [3.05, 3.63) is 17.5 Å². The highest BCUT2D eigenvalue weighted by atomic mass is 19.4. The number of rotatable bonds is 2. The number of nitrogens with zero attached hydrogens (tertiary/aromatic N) is 2. The maximum absolute atomic E-state index is 12.4. The van der Waals surface area contributed by atoms with Gasteiger partial charge < -0.3 is 4.74 Å². The monoisotopic (exact) mass is 231 g/mol. The van der Waals surface area contributed by atoms with Crippen molar-refractivity contribution in [1.29, 1.82) is 5.41 Å². The van der Waals surface area contributed by atoms with E-state index in [1.165, 1.54) is 7.11 Å². The summed E-state index contributed by atoms with van der Waals surface area (Å²) in [5.74, 6) is 1.73. The molecule has 16 heavy (non-hydrogen) atoms. The molecule has 0 bridgehead atoms. The summed E-state index contributed by atoms with van der Waals surface area (Å²) in [5, 5.41) is 10.6. The van der Waals surface area contributed by atoms with Crippen molar-refractivity contribution < 1.29 is 17.9 Å². The highest BCUT2D eigenvalue weighted by Crippen LogP contribution is 2.28. The normalized spacial score (nSPS) is 10.9. The van der Waals surface area contributed by atoms with Gasteiger partial charge in [-0.05, 0) is 0 Å². The van der Waals surface area contributed by atoms with Crippen LogP contribution in [-0.2, 0) is 17.5 Å². The van der Waals surface area contributed by atoms with Gasteiger partial charge in [0, 0.05) is 6.07 Å². The molecule has 0 aliphatic carbocycles. The first-order valence-electron chi connectivity index (χ1n) is 4.11. The Morgan fingerprint density at radius 1 is 1.69 bits per heavy atom. The number of nitrogens with one attached hydrogen (secondary N) is 1. The van der Waals surface area contributed by atoms with Crippen LogP contribution in [0, 0.1) is 17.8 Å². The van der Waals surface area contributed by atoms with Gasteiger partial charge in [-0.25, -0.2) is 4.68 Å². The first-order chi connectivity index (χ1) is 7.40. The molecular weight excluding hydrogens is 223 g/mol. The van der Waals surface area contributed by atoms with E-state index in [2.05, 4.69) is 15.8 Å². The van der Waals surface area contributed by atoms with E-state index >= 15 is 0 Å². The number of alkyl halides is 3. The van der Waals surface area contributed by atoms with Gasteiger partial charge in [-0.15, -0.1) is 6.42 Å². The molecule has 0 fully saturated rings. The smallest absolute Gasteiger partial charge is 0.435 e. The lowest BCUT2D eigenvalue weighted by atomic mass is 10.3. The summed E-state index contributed by atoms with van der Waals surface area (Å²) < 4.78 is 42.5. The van der Waals surface area contributed by atoms with Gasteiger partial charge in [0.05, 0.1) is 7.11 Å². The minimum atomic E-state index is -4.57. The Hall–Kier alpha value is -1.97. The molecule has 0 aliphatic rings. The van der Waals surface area contributed by atoms with Crippen molar-refractivity contribution in [2.45, 2.75) is 12.7 Å². The lowest BCUT2D eigenvalue weighted by molar-refractivity contribution is -0.141. The molecule has 0 atom stereocenters. The van der Waals surface area contributed by atoms with E-state index in [1.807, 2.05) is 0 Å². The molecule has 1 N–H and O–H groups in total. The zero-order chi connectivity index (χ0) is 12.3. The fourth-order valence-corrected chi connectivity index (χ4v) is 1.05. The van der Waals surface area contributed by atoms with Crippen molar-refractivity contribution in [2.75, 3.05) is 7.11 Å². The van der Waals surface area contributed by atoms with Crippen molar-refractivity contribution >= 4 is 5.90 Å². The van der Waals surface area contributed by atoms with Gasteiger partial charge in [0.1, 0.15) is 12.2 Å². The Morgan fingerprint density at radius 3 is 2.75 bits per heavy atom. The first kappa shape index (κ1) is 12.1. The molecule has 1 aromatic heterocycles. The molecular formula is C9H8F3N3O. The van der Waals surface area contributed by atoms with E-state index in [0.29, 0.717) is 0 Å². The van der Waals surface area contributed by atoms with Crippen LogP contribution in [0.5, 0.6) is 0 Å². The van der Waals surface area contributed by atoms with E-state index < -0.39 is 17.8 Å². The molecule has 0 saturated carbocycles. The Balaban J connectivity index is 3.21. The molecule has 1 rings (SSSR count). The van der Waals surface area contributed by atoms with Crippen LogP contribution in [0.2, 0.25) is 0 Å². The van der Waals surface area contributed by atoms with Gasteiger partial charge in [0.15, 0.2) is 5.69 Å². The maximum Gasteiger partial charge on any atom is 0.435 e. The summed E-state index contributed by atoms with van der Waals surface area (Å²) in [6.07, 6.45) is 0.419. The number of ether oxygens (including phenoxy) is 1. The van der Waals surface area contributed by atoms with Crippen LogP contribution in [-0.4, -0.2) is 22.8 Å². The number of hydrogen-bond donors (Lipinski definition) is 1. The SMILES string of the molecule is C#CCn1nc(C(F)(F)F)cc1C(=N)OC. The van der Waals surface area contributed by atoms with Gasteiger partial charge in [-0.3, -0.25) is 5.41 Å². The minimum Gasteiger partial charge on any atom is -0.480 e. The number of terminal acetylenes is 1. The van der Waals surface area contributed by atoms with Crippen LogP contribution >= 0.6 is 0 Å².